The highest BCUT2D eigenvalue weighted by atomic mass is 32.2. The molecule has 0 spiro atoms. The van der Waals surface area contributed by atoms with E-state index in [9.17, 15) is 40.0 Å². The summed E-state index contributed by atoms with van der Waals surface area (Å²) in [6, 6.07) is 2.43. The summed E-state index contributed by atoms with van der Waals surface area (Å²) in [5.41, 5.74) is -0.769. The molecule has 14 heteroatoms. The van der Waals surface area contributed by atoms with E-state index in [1.807, 2.05) is 6.07 Å². The summed E-state index contributed by atoms with van der Waals surface area (Å²) in [7, 11) is -4.56. The fraction of sp³-hybridized carbons (Fsp3) is 0.350. The Morgan fingerprint density at radius 1 is 1.15 bits per heavy atom. The lowest BCUT2D eigenvalue weighted by atomic mass is 10.1. The minimum Gasteiger partial charge on any atom is -0.320 e. The molecule has 7 nitrogen and oxygen atoms in total. The second-order valence-electron chi connectivity index (χ2n) is 7.79. The highest BCUT2D eigenvalue weighted by Gasteiger charge is 2.39. The maximum absolute atomic E-state index is 13.2. The molecule has 180 valence electrons. The van der Waals surface area contributed by atoms with Crippen LogP contribution < -0.4 is 4.72 Å². The molecule has 3 aromatic rings. The molecule has 1 atom stereocenters. The number of nitrogens with zero attached hydrogens (tertiary/aromatic N) is 4. The Labute approximate surface area is 189 Å². The number of alkyl halides is 6. The van der Waals surface area contributed by atoms with E-state index in [1.165, 1.54) is 10.8 Å². The van der Waals surface area contributed by atoms with Crippen LogP contribution in [0, 0.1) is 11.3 Å². The van der Waals surface area contributed by atoms with E-state index in [0.717, 1.165) is 18.3 Å². The number of halogens is 6. The first-order chi connectivity index (χ1) is 15.7. The van der Waals surface area contributed by atoms with Crippen molar-refractivity contribution >= 4 is 21.1 Å². The molecular formula is C20H15F6N5O2S. The molecule has 1 N–H and O–H groups in total. The van der Waals surface area contributed by atoms with Gasteiger partial charge in [-0.1, -0.05) is 0 Å². The smallest absolute Gasteiger partial charge is 0.320 e. The van der Waals surface area contributed by atoms with E-state index in [2.05, 4.69) is 9.97 Å². The van der Waals surface area contributed by atoms with Crippen LogP contribution in [-0.4, -0.2) is 35.2 Å². The second kappa shape index (κ2) is 7.95. The molecule has 34 heavy (non-hydrogen) atoms. The molecule has 4 rings (SSSR count). The van der Waals surface area contributed by atoms with Crippen molar-refractivity contribution in [3.05, 3.63) is 41.7 Å². The zero-order chi connectivity index (χ0) is 25.1. The number of hydrogen-bond donors (Lipinski definition) is 1. The van der Waals surface area contributed by atoms with Crippen molar-refractivity contribution in [1.29, 1.82) is 5.26 Å². The van der Waals surface area contributed by atoms with Crippen molar-refractivity contribution in [2.24, 2.45) is 0 Å². The van der Waals surface area contributed by atoms with Gasteiger partial charge in [0, 0.05) is 23.8 Å². The van der Waals surface area contributed by atoms with Crippen LogP contribution in [0.25, 0.3) is 22.4 Å². The number of nitrogens with one attached hydrogen (secondary N) is 1. The zero-order valence-corrected chi connectivity index (χ0v) is 18.1. The van der Waals surface area contributed by atoms with E-state index in [1.54, 1.807) is 4.57 Å². The number of rotatable bonds is 5. The Kier molecular flexibility index (Phi) is 5.60. The second-order valence-corrected chi connectivity index (χ2v) is 9.51. The molecule has 0 aromatic carbocycles. The molecule has 0 aliphatic heterocycles. The van der Waals surface area contributed by atoms with Crippen molar-refractivity contribution in [2.75, 3.05) is 0 Å². The molecule has 1 saturated carbocycles. The van der Waals surface area contributed by atoms with Gasteiger partial charge in [-0.3, -0.25) is 4.98 Å². The van der Waals surface area contributed by atoms with E-state index >= 15 is 0 Å². The minimum atomic E-state index is -4.80. The molecule has 0 unspecified atom stereocenters. The molecule has 0 amide bonds. The molecule has 3 heterocycles. The highest BCUT2D eigenvalue weighted by molar-refractivity contribution is 7.89. The van der Waals surface area contributed by atoms with Crippen LogP contribution in [0.3, 0.4) is 0 Å². The quantitative estimate of drug-likeness (QED) is 0.515. The lowest BCUT2D eigenvalue weighted by Crippen LogP contribution is -2.42. The van der Waals surface area contributed by atoms with E-state index in [4.69, 9.17) is 0 Å². The third kappa shape index (κ3) is 4.32. The summed E-state index contributed by atoms with van der Waals surface area (Å²) in [6.07, 6.45) is -6.60. The summed E-state index contributed by atoms with van der Waals surface area (Å²) < 4.78 is 106. The number of pyridine rings is 2. The van der Waals surface area contributed by atoms with Gasteiger partial charge in [0.15, 0.2) is 0 Å². The molecule has 0 bridgehead atoms. The number of nitriles is 1. The SMILES string of the molecule is C[C@H](NS(=O)(=O)c1ccc(-c2c(C#N)c3cc(C(F)(F)F)cnc3n2C2CC2)nc1)C(F)(F)F. The standard InChI is InChI=1S/C20H15F6N5O2S/c1-10(19(21,22)23)30-34(32,33)13-4-5-16(28-9-13)17-15(7-27)14-6-11(20(24,25)26)8-29-18(14)31(17)12-2-3-12/h4-6,8-10,12,30H,2-3H2,1H3/t10-/m0/s1. The predicted octanol–water partition coefficient (Wildman–Crippen LogP) is 4.55. The van der Waals surface area contributed by atoms with Crippen LogP contribution in [0.5, 0.6) is 0 Å². The van der Waals surface area contributed by atoms with Gasteiger partial charge < -0.3 is 4.57 Å². The maximum Gasteiger partial charge on any atom is 0.417 e. The van der Waals surface area contributed by atoms with Gasteiger partial charge in [-0.05, 0) is 38.0 Å². The van der Waals surface area contributed by atoms with Crippen LogP contribution in [0.15, 0.2) is 35.5 Å². The third-order valence-electron chi connectivity index (χ3n) is 5.31. The zero-order valence-electron chi connectivity index (χ0n) is 17.2. The Morgan fingerprint density at radius 3 is 2.32 bits per heavy atom. The van der Waals surface area contributed by atoms with Crippen LogP contribution >= 0.6 is 0 Å². The molecule has 3 aromatic heterocycles. The van der Waals surface area contributed by atoms with Crippen molar-refractivity contribution in [3.8, 4) is 17.5 Å². The van der Waals surface area contributed by atoms with Crippen molar-refractivity contribution in [1.82, 2.24) is 19.3 Å². The first kappa shape index (κ1) is 24.0. The van der Waals surface area contributed by atoms with Crippen molar-refractivity contribution < 1.29 is 34.8 Å². The average molecular weight is 503 g/mol. The fourth-order valence-corrected chi connectivity index (χ4v) is 4.62. The van der Waals surface area contributed by atoms with Gasteiger partial charge in [0.1, 0.15) is 22.7 Å². The maximum atomic E-state index is 13.2. The van der Waals surface area contributed by atoms with Gasteiger partial charge in [-0.15, -0.1) is 0 Å². The Hall–Kier alpha value is -3.18. The fourth-order valence-electron chi connectivity index (χ4n) is 3.44. The van der Waals surface area contributed by atoms with Crippen LogP contribution in [0.2, 0.25) is 0 Å². The normalized spacial score (nSPS) is 15.9. The Bertz CT molecular complexity index is 1400. The largest absolute Gasteiger partial charge is 0.417 e. The Morgan fingerprint density at radius 2 is 1.82 bits per heavy atom. The lowest BCUT2D eigenvalue weighted by Gasteiger charge is -2.17. The van der Waals surface area contributed by atoms with E-state index in [-0.39, 0.29) is 34.0 Å². The highest BCUT2D eigenvalue weighted by Crippen LogP contribution is 2.44. The summed E-state index contributed by atoms with van der Waals surface area (Å²) in [5.74, 6) is 0. The van der Waals surface area contributed by atoms with E-state index < -0.39 is 38.9 Å². The van der Waals surface area contributed by atoms with Crippen LogP contribution in [0.4, 0.5) is 26.3 Å². The molecule has 0 saturated heterocycles. The van der Waals surface area contributed by atoms with Gasteiger partial charge in [-0.25, -0.2) is 13.4 Å². The van der Waals surface area contributed by atoms with E-state index in [0.29, 0.717) is 26.0 Å². The van der Waals surface area contributed by atoms with Gasteiger partial charge in [-0.2, -0.15) is 36.3 Å². The van der Waals surface area contributed by atoms with Gasteiger partial charge in [0.25, 0.3) is 0 Å². The summed E-state index contributed by atoms with van der Waals surface area (Å²) in [5, 5.41) is 9.70. The number of aromatic nitrogens is 3. The van der Waals surface area contributed by atoms with Gasteiger partial charge in [0.05, 0.1) is 22.5 Å². The topological polar surface area (TPSA) is 101 Å². The monoisotopic (exact) mass is 503 g/mol. The molecule has 1 aliphatic rings. The molecule has 0 radical (unpaired) electrons. The number of sulfonamides is 1. The average Bonchev–Trinajstić information content (AvgIpc) is 3.52. The Balaban J connectivity index is 1.81. The van der Waals surface area contributed by atoms with Crippen molar-refractivity contribution in [2.45, 2.75) is 49.1 Å². The van der Waals surface area contributed by atoms with Crippen LogP contribution in [-0.2, 0) is 16.2 Å². The third-order valence-corrected chi connectivity index (χ3v) is 6.83. The van der Waals surface area contributed by atoms with Gasteiger partial charge in [0.2, 0.25) is 10.0 Å². The minimum absolute atomic E-state index is 0.0293. The number of fused-ring (bicyclic) bond motifs is 1. The molecule has 1 fully saturated rings. The van der Waals surface area contributed by atoms with Crippen LogP contribution in [0.1, 0.15) is 36.9 Å². The number of hydrogen-bond acceptors (Lipinski definition) is 5. The van der Waals surface area contributed by atoms with Gasteiger partial charge >= 0.3 is 12.4 Å². The first-order valence-electron chi connectivity index (χ1n) is 9.80. The van der Waals surface area contributed by atoms with Crippen molar-refractivity contribution in [3.63, 3.8) is 0 Å². The lowest BCUT2D eigenvalue weighted by molar-refractivity contribution is -0.147. The molecular weight excluding hydrogens is 488 g/mol. The summed E-state index contributed by atoms with van der Waals surface area (Å²) >= 11 is 0. The first-order valence-corrected chi connectivity index (χ1v) is 11.3. The summed E-state index contributed by atoms with van der Waals surface area (Å²) in [4.78, 5) is 7.39. The summed E-state index contributed by atoms with van der Waals surface area (Å²) in [6.45, 7) is 0.648. The predicted molar refractivity (Wildman–Crippen MR) is 107 cm³/mol. The molecule has 1 aliphatic carbocycles.